The Hall–Kier alpha value is -4.08. The Morgan fingerprint density at radius 1 is 1.11 bits per heavy atom. The van der Waals surface area contributed by atoms with Crippen LogP contribution in [0.2, 0.25) is 5.02 Å². The molecule has 1 aromatic heterocycles. The predicted octanol–water partition coefficient (Wildman–Crippen LogP) is 5.69. The van der Waals surface area contributed by atoms with Gasteiger partial charge >= 0.3 is 5.91 Å². The molecule has 1 aliphatic rings. The lowest BCUT2D eigenvalue weighted by molar-refractivity contribution is -0.132. The summed E-state index contributed by atoms with van der Waals surface area (Å²) in [5, 5.41) is 22.3. The van der Waals surface area contributed by atoms with Crippen molar-refractivity contribution in [2.75, 3.05) is 18.6 Å². The minimum absolute atomic E-state index is 0.0904. The summed E-state index contributed by atoms with van der Waals surface area (Å²) < 4.78 is 11.5. The molecule has 0 spiro atoms. The molecule has 1 fully saturated rings. The highest BCUT2D eigenvalue weighted by atomic mass is 35.5. The molecule has 2 N–H and O–H groups in total. The molecule has 3 aromatic carbocycles. The molecule has 8 nitrogen and oxygen atoms in total. The molecule has 1 aliphatic heterocycles. The molecule has 1 saturated heterocycles. The van der Waals surface area contributed by atoms with E-state index in [0.29, 0.717) is 34.0 Å². The number of fused-ring (bicyclic) bond motifs is 1. The van der Waals surface area contributed by atoms with Crippen LogP contribution < -0.4 is 14.4 Å². The van der Waals surface area contributed by atoms with Gasteiger partial charge in [0.25, 0.3) is 5.78 Å². The van der Waals surface area contributed by atoms with Crippen LogP contribution in [0.5, 0.6) is 17.2 Å². The van der Waals surface area contributed by atoms with E-state index >= 15 is 0 Å². The van der Waals surface area contributed by atoms with Gasteiger partial charge in [-0.25, -0.2) is 4.98 Å². The molecule has 0 radical (unpaired) electrons. The van der Waals surface area contributed by atoms with E-state index in [9.17, 15) is 19.8 Å². The van der Waals surface area contributed by atoms with Crippen LogP contribution in [-0.4, -0.2) is 40.6 Å². The molecule has 37 heavy (non-hydrogen) atoms. The van der Waals surface area contributed by atoms with Crippen molar-refractivity contribution in [3.05, 3.63) is 82.4 Å². The summed E-state index contributed by atoms with van der Waals surface area (Å²) in [5.74, 6) is -1.37. The number of phenolic OH excluding ortho intramolecular Hbond substituents is 1. The number of nitrogens with zero attached hydrogens (tertiary/aromatic N) is 2. The Bertz CT molecular complexity index is 1560. The SMILES string of the molecule is CCOc1cc(C2/C(=C(\O)c3ccc(OC)cc3)C(=O)C(=O)N2c2nc3ccc(Cl)cc3s2)ccc1O. The van der Waals surface area contributed by atoms with Crippen LogP contribution in [0.1, 0.15) is 24.1 Å². The standard InChI is InChI=1S/C27H21ClN2O6S/c1-3-36-20-12-15(6-11-19(20)31)23-22(24(32)14-4-8-17(35-2)9-5-14)25(33)26(34)30(23)27-29-18-10-7-16(28)13-21(18)37-27/h4-13,23,31-32H,3H2,1-2H3/b24-22+. The largest absolute Gasteiger partial charge is 0.507 e. The van der Waals surface area contributed by atoms with Crippen LogP contribution >= 0.6 is 22.9 Å². The number of aromatic hydroxyl groups is 1. The quantitative estimate of drug-likeness (QED) is 0.185. The van der Waals surface area contributed by atoms with Gasteiger partial charge in [-0.15, -0.1) is 0 Å². The molecule has 10 heteroatoms. The Morgan fingerprint density at radius 2 is 1.86 bits per heavy atom. The first-order valence-electron chi connectivity index (χ1n) is 11.3. The average Bonchev–Trinajstić information content (AvgIpc) is 3.42. The summed E-state index contributed by atoms with van der Waals surface area (Å²) in [6.07, 6.45) is 0. The first-order valence-corrected chi connectivity index (χ1v) is 12.5. The number of aromatic nitrogens is 1. The van der Waals surface area contributed by atoms with Gasteiger partial charge in [0, 0.05) is 10.6 Å². The Kier molecular flexibility index (Phi) is 6.49. The van der Waals surface area contributed by atoms with Gasteiger partial charge in [0.2, 0.25) is 0 Å². The molecule has 0 bridgehead atoms. The Morgan fingerprint density at radius 3 is 2.57 bits per heavy atom. The molecular weight excluding hydrogens is 516 g/mol. The summed E-state index contributed by atoms with van der Waals surface area (Å²) in [7, 11) is 1.52. The summed E-state index contributed by atoms with van der Waals surface area (Å²) in [5.41, 5.74) is 1.29. The van der Waals surface area contributed by atoms with E-state index in [1.807, 2.05) is 0 Å². The fraction of sp³-hybridized carbons (Fsp3) is 0.148. The molecule has 1 amide bonds. The second-order valence-electron chi connectivity index (χ2n) is 8.17. The number of thiazole rings is 1. The number of Topliss-reactive ketones (excluding diaryl/α,β-unsaturated/α-hetero) is 1. The maximum absolute atomic E-state index is 13.4. The van der Waals surface area contributed by atoms with Crippen molar-refractivity contribution < 1.29 is 29.3 Å². The Labute approximate surface area is 221 Å². The van der Waals surface area contributed by atoms with Crippen molar-refractivity contribution in [1.29, 1.82) is 0 Å². The molecule has 2 heterocycles. The predicted molar refractivity (Wildman–Crippen MR) is 142 cm³/mol. The second kappa shape index (κ2) is 9.76. The molecule has 1 atom stereocenters. The number of rotatable bonds is 6. The topological polar surface area (TPSA) is 109 Å². The molecule has 188 valence electrons. The normalized spacial score (nSPS) is 16.9. The van der Waals surface area contributed by atoms with Crippen LogP contribution in [0.3, 0.4) is 0 Å². The number of carbonyl (C=O) groups excluding carboxylic acids is 2. The van der Waals surface area contributed by atoms with Crippen molar-refractivity contribution in [2.24, 2.45) is 0 Å². The zero-order chi connectivity index (χ0) is 26.3. The first kappa shape index (κ1) is 24.6. The van der Waals surface area contributed by atoms with Crippen molar-refractivity contribution in [3.63, 3.8) is 0 Å². The van der Waals surface area contributed by atoms with Crippen LogP contribution in [0.15, 0.2) is 66.2 Å². The molecule has 5 rings (SSSR count). The number of carbonyl (C=O) groups is 2. The van der Waals surface area contributed by atoms with E-state index in [2.05, 4.69) is 4.98 Å². The number of ketones is 1. The molecule has 4 aromatic rings. The number of hydrogen-bond donors (Lipinski definition) is 2. The summed E-state index contributed by atoms with van der Waals surface area (Å²) in [6, 6.07) is 15.2. The molecule has 1 unspecified atom stereocenters. The maximum Gasteiger partial charge on any atom is 0.301 e. The lowest BCUT2D eigenvalue weighted by atomic mass is 9.95. The van der Waals surface area contributed by atoms with Crippen molar-refractivity contribution in [3.8, 4) is 17.2 Å². The maximum atomic E-state index is 13.4. The van der Waals surface area contributed by atoms with Gasteiger partial charge in [0.15, 0.2) is 16.6 Å². The Balaban J connectivity index is 1.73. The van der Waals surface area contributed by atoms with E-state index in [4.69, 9.17) is 21.1 Å². The van der Waals surface area contributed by atoms with Crippen LogP contribution in [0.4, 0.5) is 5.13 Å². The number of aliphatic hydroxyl groups is 1. The van der Waals surface area contributed by atoms with Crippen LogP contribution in [0.25, 0.3) is 16.0 Å². The third-order valence-electron chi connectivity index (χ3n) is 5.95. The molecule has 0 aliphatic carbocycles. The number of hydrogen-bond acceptors (Lipinski definition) is 8. The highest BCUT2D eigenvalue weighted by Crippen LogP contribution is 2.46. The van der Waals surface area contributed by atoms with Crippen LogP contribution in [0, 0.1) is 0 Å². The minimum Gasteiger partial charge on any atom is -0.507 e. The zero-order valence-corrected chi connectivity index (χ0v) is 21.3. The third kappa shape index (κ3) is 4.36. The lowest BCUT2D eigenvalue weighted by Crippen LogP contribution is -2.29. The summed E-state index contributed by atoms with van der Waals surface area (Å²) in [4.78, 5) is 32.7. The van der Waals surface area contributed by atoms with Crippen molar-refractivity contribution >= 4 is 55.7 Å². The number of aliphatic hydroxyl groups excluding tert-OH is 1. The fourth-order valence-electron chi connectivity index (χ4n) is 4.21. The number of halogens is 1. The second-order valence-corrected chi connectivity index (χ2v) is 9.61. The van der Waals surface area contributed by atoms with Gasteiger partial charge in [-0.3, -0.25) is 14.5 Å². The molecule has 0 saturated carbocycles. The average molecular weight is 537 g/mol. The van der Waals surface area contributed by atoms with E-state index in [1.165, 1.54) is 29.4 Å². The van der Waals surface area contributed by atoms with Gasteiger partial charge in [-0.2, -0.15) is 0 Å². The van der Waals surface area contributed by atoms with E-state index in [0.717, 1.165) is 4.70 Å². The smallest absolute Gasteiger partial charge is 0.301 e. The monoisotopic (exact) mass is 536 g/mol. The van der Waals surface area contributed by atoms with Gasteiger partial charge < -0.3 is 19.7 Å². The number of anilines is 1. The number of amides is 1. The van der Waals surface area contributed by atoms with Crippen molar-refractivity contribution in [2.45, 2.75) is 13.0 Å². The van der Waals surface area contributed by atoms with Gasteiger partial charge in [0.1, 0.15) is 11.5 Å². The van der Waals surface area contributed by atoms with Gasteiger partial charge in [0.05, 0.1) is 35.5 Å². The summed E-state index contributed by atoms with van der Waals surface area (Å²) in [6.45, 7) is 2.07. The summed E-state index contributed by atoms with van der Waals surface area (Å²) >= 11 is 7.34. The number of methoxy groups -OCH3 is 1. The first-order chi connectivity index (χ1) is 17.8. The van der Waals surface area contributed by atoms with E-state index < -0.39 is 17.7 Å². The highest BCUT2D eigenvalue weighted by molar-refractivity contribution is 7.22. The highest BCUT2D eigenvalue weighted by Gasteiger charge is 2.48. The van der Waals surface area contributed by atoms with Gasteiger partial charge in [-0.1, -0.05) is 29.0 Å². The zero-order valence-electron chi connectivity index (χ0n) is 19.8. The number of benzene rings is 3. The van der Waals surface area contributed by atoms with Crippen molar-refractivity contribution in [1.82, 2.24) is 4.98 Å². The van der Waals surface area contributed by atoms with E-state index in [1.54, 1.807) is 61.5 Å². The van der Waals surface area contributed by atoms with Gasteiger partial charge in [-0.05, 0) is 67.1 Å². The van der Waals surface area contributed by atoms with Crippen LogP contribution in [-0.2, 0) is 9.59 Å². The lowest BCUT2D eigenvalue weighted by Gasteiger charge is -2.23. The number of ether oxygens (including phenoxy) is 2. The fourth-order valence-corrected chi connectivity index (χ4v) is 5.48. The number of phenols is 1. The minimum atomic E-state index is -1.03. The molecular formula is C27H21ClN2O6S. The third-order valence-corrected chi connectivity index (χ3v) is 7.21. The van der Waals surface area contributed by atoms with E-state index in [-0.39, 0.29) is 28.0 Å².